The van der Waals surface area contributed by atoms with Crippen LogP contribution in [0.25, 0.3) is 11.0 Å². The number of aromatic nitrogens is 4. The van der Waals surface area contributed by atoms with Gasteiger partial charge < -0.3 is 10.3 Å². The maximum absolute atomic E-state index is 5.70. The number of benzene rings is 1. The molecule has 0 aliphatic rings. The van der Waals surface area contributed by atoms with Crippen LogP contribution in [-0.2, 0) is 19.5 Å². The molecule has 2 aromatic heterocycles. The summed E-state index contributed by atoms with van der Waals surface area (Å²) in [5.41, 5.74) is 9.07. The Morgan fingerprint density at radius 2 is 2.10 bits per heavy atom. The summed E-state index contributed by atoms with van der Waals surface area (Å²) < 4.78 is 4.18. The summed E-state index contributed by atoms with van der Waals surface area (Å²) in [7, 11) is 0. The van der Waals surface area contributed by atoms with E-state index < -0.39 is 0 Å². The van der Waals surface area contributed by atoms with Crippen LogP contribution in [0.5, 0.6) is 0 Å². The molecule has 2 heterocycles. The highest BCUT2D eigenvalue weighted by Gasteiger charge is 2.10. The second-order valence-corrected chi connectivity index (χ2v) is 4.85. The third-order valence-corrected chi connectivity index (χ3v) is 3.45. The van der Waals surface area contributed by atoms with Gasteiger partial charge in [-0.05, 0) is 25.6 Å². The molecule has 104 valence electrons. The van der Waals surface area contributed by atoms with E-state index in [0.717, 1.165) is 36.4 Å². The molecule has 0 atom stereocenters. The van der Waals surface area contributed by atoms with Crippen LogP contribution in [0.15, 0.2) is 36.7 Å². The first kappa shape index (κ1) is 12.9. The summed E-state index contributed by atoms with van der Waals surface area (Å²) in [5, 5.41) is 4.33. The molecule has 0 saturated carbocycles. The first-order chi connectivity index (χ1) is 9.81. The van der Waals surface area contributed by atoms with Crippen LogP contribution in [0.3, 0.4) is 0 Å². The minimum absolute atomic E-state index is 0.609. The van der Waals surface area contributed by atoms with Crippen molar-refractivity contribution in [2.45, 2.75) is 26.4 Å². The predicted molar refractivity (Wildman–Crippen MR) is 79.5 cm³/mol. The average molecular weight is 269 g/mol. The van der Waals surface area contributed by atoms with E-state index in [1.54, 1.807) is 0 Å². The number of rotatable bonds is 5. The Balaban J connectivity index is 2.01. The molecule has 20 heavy (non-hydrogen) atoms. The monoisotopic (exact) mass is 269 g/mol. The van der Waals surface area contributed by atoms with Crippen molar-refractivity contribution in [1.82, 2.24) is 19.3 Å². The molecule has 5 heteroatoms. The molecular weight excluding hydrogens is 250 g/mol. The quantitative estimate of drug-likeness (QED) is 0.768. The summed E-state index contributed by atoms with van der Waals surface area (Å²) in [6.45, 7) is 4.37. The number of aryl methyl sites for hydroxylation is 1. The maximum Gasteiger partial charge on any atom is 0.111 e. The van der Waals surface area contributed by atoms with Gasteiger partial charge in [0.1, 0.15) is 5.82 Å². The van der Waals surface area contributed by atoms with E-state index in [0.29, 0.717) is 6.54 Å². The molecule has 0 unspecified atom stereocenters. The van der Waals surface area contributed by atoms with Gasteiger partial charge in [0, 0.05) is 24.7 Å². The van der Waals surface area contributed by atoms with Gasteiger partial charge in [-0.3, -0.25) is 4.68 Å². The fourth-order valence-corrected chi connectivity index (χ4v) is 2.47. The molecule has 2 N–H and O–H groups in total. The predicted octanol–water partition coefficient (Wildman–Crippen LogP) is 1.80. The Morgan fingerprint density at radius 3 is 2.85 bits per heavy atom. The maximum atomic E-state index is 5.70. The highest BCUT2D eigenvalue weighted by molar-refractivity contribution is 5.76. The molecular formula is C15H19N5. The fourth-order valence-electron chi connectivity index (χ4n) is 2.47. The van der Waals surface area contributed by atoms with Crippen molar-refractivity contribution in [3.8, 4) is 0 Å². The van der Waals surface area contributed by atoms with Crippen LogP contribution in [0.4, 0.5) is 0 Å². The van der Waals surface area contributed by atoms with E-state index in [4.69, 9.17) is 5.73 Å². The summed E-state index contributed by atoms with van der Waals surface area (Å²) in [5.74, 6) is 1.04. The molecule has 0 aliphatic heterocycles. The standard InChI is InChI=1S/C15H19N5/c1-2-19-10-12(9-17-19)11-20-14-6-4-3-5-13(14)18-15(20)7-8-16/h3-6,9-10H,2,7-8,11,16H2,1H3. The van der Waals surface area contributed by atoms with Crippen molar-refractivity contribution in [2.75, 3.05) is 6.54 Å². The largest absolute Gasteiger partial charge is 0.330 e. The third-order valence-electron chi connectivity index (χ3n) is 3.45. The number of fused-ring (bicyclic) bond motifs is 1. The molecule has 3 rings (SSSR count). The Morgan fingerprint density at radius 1 is 1.25 bits per heavy atom. The average Bonchev–Trinajstić information content (AvgIpc) is 3.05. The minimum Gasteiger partial charge on any atom is -0.330 e. The van der Waals surface area contributed by atoms with Gasteiger partial charge in [0.25, 0.3) is 0 Å². The zero-order valence-electron chi connectivity index (χ0n) is 11.7. The third kappa shape index (κ3) is 2.32. The molecule has 0 radical (unpaired) electrons. The molecule has 0 bridgehead atoms. The van der Waals surface area contributed by atoms with E-state index in [2.05, 4.69) is 33.8 Å². The molecule has 0 fully saturated rings. The van der Waals surface area contributed by atoms with Gasteiger partial charge in [0.15, 0.2) is 0 Å². The lowest BCUT2D eigenvalue weighted by atomic mass is 10.3. The van der Waals surface area contributed by atoms with E-state index in [-0.39, 0.29) is 0 Å². The number of nitrogens with two attached hydrogens (primary N) is 1. The Bertz CT molecular complexity index is 710. The Kier molecular flexibility index (Phi) is 3.52. The Labute approximate surface area is 118 Å². The summed E-state index contributed by atoms with van der Waals surface area (Å²) in [4.78, 5) is 4.68. The topological polar surface area (TPSA) is 61.7 Å². The van der Waals surface area contributed by atoms with E-state index in [1.807, 2.05) is 29.1 Å². The van der Waals surface area contributed by atoms with E-state index in [1.165, 1.54) is 5.56 Å². The fraction of sp³-hybridized carbons (Fsp3) is 0.333. The lowest BCUT2D eigenvalue weighted by Gasteiger charge is -2.07. The summed E-state index contributed by atoms with van der Waals surface area (Å²) in [6, 6.07) is 8.21. The molecule has 0 saturated heterocycles. The second kappa shape index (κ2) is 5.46. The van der Waals surface area contributed by atoms with Gasteiger partial charge in [0.05, 0.1) is 23.8 Å². The SMILES string of the molecule is CCn1cc(Cn2c(CCN)nc3ccccc32)cn1. The number of para-hydroxylation sites is 2. The van der Waals surface area contributed by atoms with Crippen molar-refractivity contribution >= 4 is 11.0 Å². The van der Waals surface area contributed by atoms with Crippen LogP contribution >= 0.6 is 0 Å². The Hall–Kier alpha value is -2.14. The highest BCUT2D eigenvalue weighted by Crippen LogP contribution is 2.18. The number of hydrogen-bond donors (Lipinski definition) is 1. The smallest absolute Gasteiger partial charge is 0.111 e. The van der Waals surface area contributed by atoms with Crippen LogP contribution in [0, 0.1) is 0 Å². The van der Waals surface area contributed by atoms with E-state index >= 15 is 0 Å². The van der Waals surface area contributed by atoms with Crippen molar-refractivity contribution in [3.63, 3.8) is 0 Å². The molecule has 3 aromatic rings. The minimum atomic E-state index is 0.609. The zero-order valence-corrected chi connectivity index (χ0v) is 11.7. The van der Waals surface area contributed by atoms with Gasteiger partial charge in [-0.15, -0.1) is 0 Å². The van der Waals surface area contributed by atoms with Gasteiger partial charge >= 0.3 is 0 Å². The van der Waals surface area contributed by atoms with Crippen LogP contribution in [0.2, 0.25) is 0 Å². The van der Waals surface area contributed by atoms with Gasteiger partial charge in [-0.2, -0.15) is 5.10 Å². The second-order valence-electron chi connectivity index (χ2n) is 4.85. The highest BCUT2D eigenvalue weighted by atomic mass is 15.3. The van der Waals surface area contributed by atoms with Crippen molar-refractivity contribution in [1.29, 1.82) is 0 Å². The van der Waals surface area contributed by atoms with Gasteiger partial charge in [-0.1, -0.05) is 12.1 Å². The van der Waals surface area contributed by atoms with Crippen LogP contribution in [-0.4, -0.2) is 25.9 Å². The number of hydrogen-bond acceptors (Lipinski definition) is 3. The van der Waals surface area contributed by atoms with Crippen LogP contribution < -0.4 is 5.73 Å². The molecule has 0 aliphatic carbocycles. The van der Waals surface area contributed by atoms with E-state index in [9.17, 15) is 0 Å². The van der Waals surface area contributed by atoms with Crippen molar-refractivity contribution < 1.29 is 0 Å². The molecule has 1 aromatic carbocycles. The summed E-state index contributed by atoms with van der Waals surface area (Å²) >= 11 is 0. The van der Waals surface area contributed by atoms with Gasteiger partial charge in [0.2, 0.25) is 0 Å². The molecule has 5 nitrogen and oxygen atoms in total. The molecule has 0 amide bonds. The first-order valence-corrected chi connectivity index (χ1v) is 6.97. The number of nitrogens with zero attached hydrogens (tertiary/aromatic N) is 4. The van der Waals surface area contributed by atoms with Crippen LogP contribution in [0.1, 0.15) is 18.3 Å². The lowest BCUT2D eigenvalue weighted by Crippen LogP contribution is -2.10. The van der Waals surface area contributed by atoms with Gasteiger partial charge in [-0.25, -0.2) is 4.98 Å². The zero-order chi connectivity index (χ0) is 13.9. The molecule has 0 spiro atoms. The normalized spacial score (nSPS) is 11.3. The lowest BCUT2D eigenvalue weighted by molar-refractivity contribution is 0.658. The summed E-state index contributed by atoms with van der Waals surface area (Å²) in [6.07, 6.45) is 4.79. The van der Waals surface area contributed by atoms with Crippen molar-refractivity contribution in [3.05, 3.63) is 48.0 Å². The van der Waals surface area contributed by atoms with Crippen molar-refractivity contribution in [2.24, 2.45) is 5.73 Å². The number of imidazole rings is 1. The first-order valence-electron chi connectivity index (χ1n) is 6.97.